The number of amides is 3. The lowest BCUT2D eigenvalue weighted by Gasteiger charge is -2.37. The van der Waals surface area contributed by atoms with E-state index in [1.165, 1.54) is 12.1 Å². The zero-order chi connectivity index (χ0) is 24.1. The smallest absolute Gasteiger partial charge is 0.323 e. The summed E-state index contributed by atoms with van der Waals surface area (Å²) in [4.78, 5) is 24.6. The molecule has 2 aromatic carbocycles. The van der Waals surface area contributed by atoms with E-state index in [2.05, 4.69) is 16.0 Å². The standard InChI is InChI=1S/C24H28FN3O6/c1-32-9-8-26-22(30)12-15-11-17-16-10-14(6-7-20(16)34-23(17)21(13-29)33-15)27-24(31)28-19-5-3-2-4-18(19)25/h2-7,10,15,17,21,23,29H,8-9,11-13H2,1H3,(H,26,30)(H2,27,28,31)/t15-,17+,21-,23-/m0/s1. The summed E-state index contributed by atoms with van der Waals surface area (Å²) in [5.41, 5.74) is 1.45. The number of carbonyl (C=O) groups is 2. The summed E-state index contributed by atoms with van der Waals surface area (Å²) in [6.07, 6.45) is -0.686. The van der Waals surface area contributed by atoms with Gasteiger partial charge in [-0.1, -0.05) is 12.1 Å². The van der Waals surface area contributed by atoms with Gasteiger partial charge in [0.25, 0.3) is 0 Å². The molecule has 3 amide bonds. The molecule has 0 radical (unpaired) electrons. The van der Waals surface area contributed by atoms with Crippen molar-refractivity contribution >= 4 is 23.3 Å². The summed E-state index contributed by atoms with van der Waals surface area (Å²) in [6, 6.07) is 10.6. The first kappa shape index (κ1) is 23.9. The van der Waals surface area contributed by atoms with Gasteiger partial charge in [0.15, 0.2) is 0 Å². The van der Waals surface area contributed by atoms with Gasteiger partial charge >= 0.3 is 6.03 Å². The highest BCUT2D eigenvalue weighted by Gasteiger charge is 2.46. The number of anilines is 2. The molecule has 0 aromatic heterocycles. The number of aliphatic hydroxyl groups excluding tert-OH is 1. The van der Waals surface area contributed by atoms with Crippen LogP contribution in [0.5, 0.6) is 5.75 Å². The average Bonchev–Trinajstić information content (AvgIpc) is 3.18. The topological polar surface area (TPSA) is 118 Å². The van der Waals surface area contributed by atoms with Gasteiger partial charge in [-0.25, -0.2) is 9.18 Å². The lowest BCUT2D eigenvalue weighted by molar-refractivity contribution is -0.142. The normalized spacial score (nSPS) is 22.8. The SMILES string of the molecule is COCCNC(=O)C[C@@H]1C[C@@H]2c3cc(NC(=O)Nc4ccccc4F)ccc3O[C@@H]2[C@H](CO)O1. The number of halogens is 1. The number of nitrogens with one attached hydrogen (secondary N) is 3. The lowest BCUT2D eigenvalue weighted by Crippen LogP contribution is -2.47. The van der Waals surface area contributed by atoms with Crippen LogP contribution in [0.4, 0.5) is 20.6 Å². The fraction of sp³-hybridized carbons (Fsp3) is 0.417. The number of carbonyl (C=O) groups excluding carboxylic acids is 2. The maximum absolute atomic E-state index is 13.8. The summed E-state index contributed by atoms with van der Waals surface area (Å²) in [5, 5.41) is 17.8. The fourth-order valence-corrected chi connectivity index (χ4v) is 4.39. The Hall–Kier alpha value is -3.21. The van der Waals surface area contributed by atoms with E-state index in [9.17, 15) is 19.1 Å². The highest BCUT2D eigenvalue weighted by atomic mass is 19.1. The third-order valence-electron chi connectivity index (χ3n) is 5.92. The molecule has 4 N–H and O–H groups in total. The molecule has 182 valence electrons. The Bertz CT molecular complexity index is 1040. The Morgan fingerprint density at radius 3 is 2.79 bits per heavy atom. The Kier molecular flexibility index (Phi) is 7.61. The van der Waals surface area contributed by atoms with Gasteiger partial charge in [0.1, 0.15) is 23.8 Å². The van der Waals surface area contributed by atoms with E-state index in [-0.39, 0.29) is 30.5 Å². The first-order chi connectivity index (χ1) is 16.5. The van der Waals surface area contributed by atoms with Gasteiger partial charge in [-0.15, -0.1) is 0 Å². The minimum atomic E-state index is -0.580. The van der Waals surface area contributed by atoms with Crippen LogP contribution in [-0.2, 0) is 14.3 Å². The van der Waals surface area contributed by atoms with Gasteiger partial charge in [0, 0.05) is 30.8 Å². The number of fused-ring (bicyclic) bond motifs is 3. The van der Waals surface area contributed by atoms with Gasteiger partial charge in [0.05, 0.1) is 31.4 Å². The van der Waals surface area contributed by atoms with Crippen LogP contribution in [0.2, 0.25) is 0 Å². The van der Waals surface area contributed by atoms with Crippen molar-refractivity contribution in [3.63, 3.8) is 0 Å². The molecule has 0 bridgehead atoms. The third kappa shape index (κ3) is 5.46. The molecule has 0 saturated carbocycles. The largest absolute Gasteiger partial charge is 0.487 e. The van der Waals surface area contributed by atoms with Crippen LogP contribution < -0.4 is 20.7 Å². The quantitative estimate of drug-likeness (QED) is 0.438. The third-order valence-corrected chi connectivity index (χ3v) is 5.92. The Morgan fingerprint density at radius 1 is 1.21 bits per heavy atom. The van der Waals surface area contributed by atoms with Crippen LogP contribution in [0.15, 0.2) is 42.5 Å². The highest BCUT2D eigenvalue weighted by Crippen LogP contribution is 2.47. The van der Waals surface area contributed by atoms with Gasteiger partial charge in [-0.3, -0.25) is 4.79 Å². The maximum atomic E-state index is 13.8. The number of methoxy groups -OCH3 is 1. The zero-order valence-corrected chi connectivity index (χ0v) is 18.8. The van der Waals surface area contributed by atoms with Crippen LogP contribution >= 0.6 is 0 Å². The zero-order valence-electron chi connectivity index (χ0n) is 18.8. The molecule has 0 spiro atoms. The lowest BCUT2D eigenvalue weighted by atomic mass is 9.84. The Morgan fingerprint density at radius 2 is 2.03 bits per heavy atom. The van der Waals surface area contributed by atoms with Crippen LogP contribution in [0.25, 0.3) is 0 Å². The van der Waals surface area contributed by atoms with Crippen molar-refractivity contribution in [2.24, 2.45) is 0 Å². The predicted molar refractivity (Wildman–Crippen MR) is 123 cm³/mol. The van der Waals surface area contributed by atoms with Crippen LogP contribution in [0.1, 0.15) is 24.3 Å². The van der Waals surface area contributed by atoms with E-state index >= 15 is 0 Å². The number of hydrogen-bond donors (Lipinski definition) is 4. The summed E-state index contributed by atoms with van der Waals surface area (Å²) < 4.78 is 30.7. The molecule has 1 saturated heterocycles. The van der Waals surface area contributed by atoms with E-state index in [0.29, 0.717) is 31.0 Å². The molecular weight excluding hydrogens is 445 g/mol. The number of hydrogen-bond acceptors (Lipinski definition) is 6. The summed E-state index contributed by atoms with van der Waals surface area (Å²) in [6.45, 7) is 0.587. The van der Waals surface area contributed by atoms with Crippen molar-refractivity contribution in [1.29, 1.82) is 0 Å². The molecule has 2 aliphatic rings. The van der Waals surface area contributed by atoms with Crippen molar-refractivity contribution in [3.05, 3.63) is 53.8 Å². The number of urea groups is 1. The maximum Gasteiger partial charge on any atom is 0.323 e. The van der Waals surface area contributed by atoms with E-state index in [4.69, 9.17) is 14.2 Å². The number of rotatable bonds is 8. The average molecular weight is 474 g/mol. The molecule has 2 aromatic rings. The number of aliphatic hydroxyl groups is 1. The van der Waals surface area contributed by atoms with Crippen molar-refractivity contribution in [2.45, 2.75) is 37.1 Å². The van der Waals surface area contributed by atoms with Gasteiger partial charge in [-0.2, -0.15) is 0 Å². The fourth-order valence-electron chi connectivity index (χ4n) is 4.39. The molecule has 2 heterocycles. The summed E-state index contributed by atoms with van der Waals surface area (Å²) in [5.74, 6) is -0.162. The van der Waals surface area contributed by atoms with Crippen LogP contribution in [0, 0.1) is 5.82 Å². The van der Waals surface area contributed by atoms with E-state index in [1.807, 2.05) is 0 Å². The van der Waals surface area contributed by atoms with E-state index in [0.717, 1.165) is 5.56 Å². The van der Waals surface area contributed by atoms with Crippen molar-refractivity contribution < 1.29 is 33.3 Å². The second kappa shape index (κ2) is 10.8. The summed E-state index contributed by atoms with van der Waals surface area (Å²) >= 11 is 0. The number of para-hydroxylation sites is 1. The molecule has 0 aliphatic carbocycles. The second-order valence-corrected chi connectivity index (χ2v) is 8.26. The van der Waals surface area contributed by atoms with Crippen molar-refractivity contribution in [3.8, 4) is 5.75 Å². The van der Waals surface area contributed by atoms with Crippen molar-refractivity contribution in [1.82, 2.24) is 5.32 Å². The minimum Gasteiger partial charge on any atom is -0.487 e. The molecule has 4 rings (SSSR count). The summed E-state index contributed by atoms with van der Waals surface area (Å²) in [7, 11) is 1.56. The first-order valence-electron chi connectivity index (χ1n) is 11.1. The van der Waals surface area contributed by atoms with Gasteiger partial charge < -0.3 is 35.3 Å². The number of ether oxygens (including phenoxy) is 3. The highest BCUT2D eigenvalue weighted by molar-refractivity contribution is 5.99. The predicted octanol–water partition coefficient (Wildman–Crippen LogP) is 2.62. The molecule has 34 heavy (non-hydrogen) atoms. The molecule has 4 atom stereocenters. The minimum absolute atomic E-state index is 0.0754. The van der Waals surface area contributed by atoms with E-state index in [1.54, 1.807) is 37.4 Å². The Labute approximate surface area is 196 Å². The second-order valence-electron chi connectivity index (χ2n) is 8.26. The van der Waals surface area contributed by atoms with Crippen LogP contribution in [0.3, 0.4) is 0 Å². The van der Waals surface area contributed by atoms with Crippen LogP contribution in [-0.4, -0.2) is 62.2 Å². The molecule has 0 unspecified atom stereocenters. The molecule has 10 heteroatoms. The molecule has 1 fully saturated rings. The Balaban J connectivity index is 1.44. The number of benzene rings is 2. The van der Waals surface area contributed by atoms with Gasteiger partial charge in [-0.05, 0) is 36.8 Å². The molecule has 2 aliphatic heterocycles. The first-order valence-corrected chi connectivity index (χ1v) is 11.1. The monoisotopic (exact) mass is 473 g/mol. The van der Waals surface area contributed by atoms with Gasteiger partial charge in [0.2, 0.25) is 5.91 Å². The molecular formula is C24H28FN3O6. The van der Waals surface area contributed by atoms with E-state index < -0.39 is 30.2 Å². The molecule has 9 nitrogen and oxygen atoms in total. The van der Waals surface area contributed by atoms with Crippen molar-refractivity contribution in [2.75, 3.05) is 37.5 Å².